The van der Waals surface area contributed by atoms with E-state index in [1.807, 2.05) is 49.4 Å². The molecule has 0 aliphatic rings. The van der Waals surface area contributed by atoms with E-state index in [0.717, 1.165) is 33.4 Å². The molecule has 4 nitrogen and oxygen atoms in total. The highest BCUT2D eigenvalue weighted by molar-refractivity contribution is 5.84. The molecular weight excluding hydrogens is 266 g/mol. The predicted octanol–water partition coefficient (Wildman–Crippen LogP) is 4.56. The van der Waals surface area contributed by atoms with Crippen LogP contribution in [0, 0.1) is 6.92 Å². The third kappa shape index (κ3) is 1.96. The van der Waals surface area contributed by atoms with Gasteiger partial charge in [0.1, 0.15) is 16.8 Å². The van der Waals surface area contributed by atoms with Gasteiger partial charge in [-0.3, -0.25) is 0 Å². The summed E-state index contributed by atoms with van der Waals surface area (Å²) in [5.74, 6) is 1.87. The molecule has 0 unspecified atom stereocenters. The van der Waals surface area contributed by atoms with Crippen LogP contribution in [0.5, 0.6) is 5.75 Å². The molecule has 0 aliphatic carbocycles. The maximum absolute atomic E-state index is 5.82. The van der Waals surface area contributed by atoms with Crippen molar-refractivity contribution in [1.29, 1.82) is 0 Å². The molecule has 0 saturated carbocycles. The lowest BCUT2D eigenvalue weighted by molar-refractivity contribution is 0.414. The largest absolute Gasteiger partial charge is 0.497 e. The van der Waals surface area contributed by atoms with Gasteiger partial charge in [-0.05, 0) is 42.8 Å². The van der Waals surface area contributed by atoms with E-state index in [0.29, 0.717) is 11.7 Å². The van der Waals surface area contributed by atoms with Crippen molar-refractivity contribution in [2.75, 3.05) is 7.11 Å². The Kier molecular flexibility index (Phi) is 2.51. The Labute approximate surface area is 121 Å². The van der Waals surface area contributed by atoms with Crippen LogP contribution < -0.4 is 4.74 Å². The fourth-order valence-corrected chi connectivity index (χ4v) is 2.39. The average Bonchev–Trinajstić information content (AvgIpc) is 3.08. The third-order valence-electron chi connectivity index (χ3n) is 3.48. The Balaban J connectivity index is 1.87. The van der Waals surface area contributed by atoms with Gasteiger partial charge in [0.05, 0.1) is 7.11 Å². The molecule has 0 spiro atoms. The number of nitrogens with zero attached hydrogens (tertiary/aromatic N) is 1. The summed E-state index contributed by atoms with van der Waals surface area (Å²) >= 11 is 0. The van der Waals surface area contributed by atoms with Crippen molar-refractivity contribution in [3.05, 3.63) is 48.0 Å². The highest BCUT2D eigenvalue weighted by Crippen LogP contribution is 2.31. The summed E-state index contributed by atoms with van der Waals surface area (Å²) in [5.41, 5.74) is 3.50. The molecule has 4 rings (SSSR count). The number of methoxy groups -OCH3 is 1. The van der Waals surface area contributed by atoms with Gasteiger partial charge in [-0.15, -0.1) is 0 Å². The molecule has 2 heterocycles. The van der Waals surface area contributed by atoms with Crippen LogP contribution >= 0.6 is 0 Å². The van der Waals surface area contributed by atoms with Gasteiger partial charge in [-0.1, -0.05) is 6.07 Å². The minimum absolute atomic E-state index is 0.491. The number of hydrogen-bond acceptors (Lipinski definition) is 4. The minimum atomic E-state index is 0.491. The molecule has 0 bridgehead atoms. The molecule has 4 aromatic rings. The van der Waals surface area contributed by atoms with Gasteiger partial charge in [-0.2, -0.15) is 0 Å². The van der Waals surface area contributed by atoms with Crippen LogP contribution in [0.4, 0.5) is 0 Å². The average molecular weight is 279 g/mol. The molecule has 0 atom stereocenters. The number of rotatable bonds is 2. The fourth-order valence-electron chi connectivity index (χ4n) is 2.39. The van der Waals surface area contributed by atoms with E-state index in [-0.39, 0.29) is 0 Å². The maximum atomic E-state index is 5.82. The first kappa shape index (κ1) is 12.0. The van der Waals surface area contributed by atoms with Crippen LogP contribution in [-0.4, -0.2) is 12.1 Å². The molecule has 0 saturated heterocycles. The van der Waals surface area contributed by atoms with Crippen molar-refractivity contribution in [3.63, 3.8) is 0 Å². The van der Waals surface area contributed by atoms with Crippen LogP contribution in [0.15, 0.2) is 51.3 Å². The predicted molar refractivity (Wildman–Crippen MR) is 80.5 cm³/mol. The van der Waals surface area contributed by atoms with E-state index >= 15 is 0 Å². The Morgan fingerprint density at radius 1 is 0.952 bits per heavy atom. The van der Waals surface area contributed by atoms with Gasteiger partial charge >= 0.3 is 0 Å². The van der Waals surface area contributed by atoms with Gasteiger partial charge in [0, 0.05) is 11.5 Å². The molecule has 21 heavy (non-hydrogen) atoms. The summed E-state index contributed by atoms with van der Waals surface area (Å²) in [6.45, 7) is 2.03. The lowest BCUT2D eigenvalue weighted by Crippen LogP contribution is -1.79. The molecular formula is C17H13NO3. The van der Waals surface area contributed by atoms with Crippen molar-refractivity contribution < 1.29 is 13.6 Å². The minimum Gasteiger partial charge on any atom is -0.497 e. The summed E-state index contributed by atoms with van der Waals surface area (Å²) in [6.07, 6.45) is 0. The van der Waals surface area contributed by atoms with Crippen molar-refractivity contribution in [1.82, 2.24) is 4.98 Å². The molecule has 0 N–H and O–H groups in total. The van der Waals surface area contributed by atoms with E-state index in [9.17, 15) is 0 Å². The summed E-state index contributed by atoms with van der Waals surface area (Å²) in [4.78, 5) is 4.49. The van der Waals surface area contributed by atoms with Crippen LogP contribution in [-0.2, 0) is 0 Å². The zero-order valence-corrected chi connectivity index (χ0v) is 11.7. The second-order valence-electron chi connectivity index (χ2n) is 5.00. The fraction of sp³-hybridized carbons (Fsp3) is 0.118. The SMILES string of the molecule is COc1ccc2cc(-c3nc4cc(C)ccc4o3)oc2c1. The van der Waals surface area contributed by atoms with E-state index in [2.05, 4.69) is 4.98 Å². The zero-order chi connectivity index (χ0) is 14.4. The highest BCUT2D eigenvalue weighted by Gasteiger charge is 2.13. The Morgan fingerprint density at radius 3 is 2.71 bits per heavy atom. The monoisotopic (exact) mass is 279 g/mol. The zero-order valence-electron chi connectivity index (χ0n) is 11.7. The molecule has 4 heteroatoms. The van der Waals surface area contributed by atoms with Crippen LogP contribution in [0.2, 0.25) is 0 Å². The Morgan fingerprint density at radius 2 is 1.86 bits per heavy atom. The first-order chi connectivity index (χ1) is 10.2. The second-order valence-corrected chi connectivity index (χ2v) is 5.00. The Hall–Kier alpha value is -2.75. The first-order valence-corrected chi connectivity index (χ1v) is 6.68. The van der Waals surface area contributed by atoms with E-state index in [4.69, 9.17) is 13.6 Å². The maximum Gasteiger partial charge on any atom is 0.263 e. The standard InChI is InChI=1S/C17H13NO3/c1-10-3-6-14-13(7-10)18-17(21-14)16-8-11-4-5-12(19-2)9-15(11)20-16/h3-9H,1-2H3. The number of oxazole rings is 1. The summed E-state index contributed by atoms with van der Waals surface area (Å²) < 4.78 is 16.8. The molecule has 0 aliphatic heterocycles. The van der Waals surface area contributed by atoms with Gasteiger partial charge < -0.3 is 13.6 Å². The summed E-state index contributed by atoms with van der Waals surface area (Å²) in [6, 6.07) is 13.5. The molecule has 2 aromatic carbocycles. The number of aromatic nitrogens is 1. The molecule has 104 valence electrons. The number of fused-ring (bicyclic) bond motifs is 2. The summed E-state index contributed by atoms with van der Waals surface area (Å²) in [7, 11) is 1.63. The topological polar surface area (TPSA) is 48.4 Å². The first-order valence-electron chi connectivity index (χ1n) is 6.68. The van der Waals surface area contributed by atoms with Crippen molar-refractivity contribution in [3.8, 4) is 17.4 Å². The number of hydrogen-bond donors (Lipinski definition) is 0. The van der Waals surface area contributed by atoms with Gasteiger partial charge in [0.25, 0.3) is 5.89 Å². The third-order valence-corrected chi connectivity index (χ3v) is 3.48. The molecule has 2 aromatic heterocycles. The highest BCUT2D eigenvalue weighted by atomic mass is 16.5. The normalized spacial score (nSPS) is 11.3. The molecule has 0 fully saturated rings. The molecule has 0 radical (unpaired) electrons. The number of ether oxygens (including phenoxy) is 1. The Bertz CT molecular complexity index is 949. The number of benzene rings is 2. The lowest BCUT2D eigenvalue weighted by atomic mass is 10.2. The smallest absolute Gasteiger partial charge is 0.263 e. The van der Waals surface area contributed by atoms with Crippen molar-refractivity contribution in [2.45, 2.75) is 6.92 Å². The number of aryl methyl sites for hydroxylation is 1. The van der Waals surface area contributed by atoms with Crippen molar-refractivity contribution >= 4 is 22.1 Å². The van der Waals surface area contributed by atoms with Crippen LogP contribution in [0.3, 0.4) is 0 Å². The van der Waals surface area contributed by atoms with Crippen molar-refractivity contribution in [2.24, 2.45) is 0 Å². The van der Waals surface area contributed by atoms with Crippen LogP contribution in [0.1, 0.15) is 5.56 Å². The van der Waals surface area contributed by atoms with E-state index in [1.54, 1.807) is 7.11 Å². The summed E-state index contributed by atoms with van der Waals surface area (Å²) in [5, 5.41) is 0.990. The van der Waals surface area contributed by atoms with Gasteiger partial charge in [0.15, 0.2) is 11.3 Å². The van der Waals surface area contributed by atoms with E-state index < -0.39 is 0 Å². The van der Waals surface area contributed by atoms with Gasteiger partial charge in [0.2, 0.25) is 0 Å². The molecule has 0 amide bonds. The lowest BCUT2D eigenvalue weighted by Gasteiger charge is -1.96. The quantitative estimate of drug-likeness (QED) is 0.539. The second kappa shape index (κ2) is 4.38. The number of furan rings is 1. The van der Waals surface area contributed by atoms with Gasteiger partial charge in [-0.25, -0.2) is 4.98 Å². The van der Waals surface area contributed by atoms with E-state index in [1.165, 1.54) is 0 Å². The van der Waals surface area contributed by atoms with Crippen LogP contribution in [0.25, 0.3) is 33.7 Å².